The van der Waals surface area contributed by atoms with Crippen LogP contribution in [0.15, 0.2) is 18.2 Å². The molecule has 1 saturated heterocycles. The second-order valence-corrected chi connectivity index (χ2v) is 6.39. The van der Waals surface area contributed by atoms with Crippen LogP contribution in [0.25, 0.3) is 0 Å². The predicted octanol–water partition coefficient (Wildman–Crippen LogP) is 2.59. The molecule has 1 aromatic carbocycles. The van der Waals surface area contributed by atoms with Crippen LogP contribution in [0, 0.1) is 5.92 Å². The van der Waals surface area contributed by atoms with E-state index in [0.717, 1.165) is 19.6 Å². The van der Waals surface area contributed by atoms with Gasteiger partial charge in [0.05, 0.1) is 13.7 Å². The molecule has 0 bridgehead atoms. The molecule has 2 rings (SSSR count). The maximum absolute atomic E-state index is 11.9. The molecule has 7 heteroatoms. The summed E-state index contributed by atoms with van der Waals surface area (Å²) in [6.45, 7) is 4.75. The Bertz CT molecular complexity index is 589. The van der Waals surface area contributed by atoms with Gasteiger partial charge in [0.25, 0.3) is 0 Å². The molecule has 1 atom stereocenters. The van der Waals surface area contributed by atoms with Crippen molar-refractivity contribution < 1.29 is 19.1 Å². The minimum absolute atomic E-state index is 0. The van der Waals surface area contributed by atoms with Gasteiger partial charge in [-0.3, -0.25) is 9.59 Å². The maximum Gasteiger partial charge on any atom is 0.220 e. The van der Waals surface area contributed by atoms with Crippen molar-refractivity contribution >= 4 is 24.1 Å². The van der Waals surface area contributed by atoms with Gasteiger partial charge >= 0.3 is 0 Å². The number of amides is 1. The summed E-state index contributed by atoms with van der Waals surface area (Å²) < 4.78 is 10.9. The lowest BCUT2D eigenvalue weighted by Gasteiger charge is -2.22. The Hall–Kier alpha value is -1.79. The van der Waals surface area contributed by atoms with Crippen molar-refractivity contribution in [1.82, 2.24) is 10.6 Å². The normalized spacial score (nSPS) is 16.3. The first-order valence-electron chi connectivity index (χ1n) is 8.89. The molecule has 2 N–H and O–H groups in total. The summed E-state index contributed by atoms with van der Waals surface area (Å²) >= 11 is 0. The zero-order valence-corrected chi connectivity index (χ0v) is 16.3. The molecule has 0 saturated carbocycles. The molecule has 0 aromatic heterocycles. The van der Waals surface area contributed by atoms with Crippen molar-refractivity contribution in [2.75, 3.05) is 33.4 Å². The number of benzene rings is 1. The molecule has 1 unspecified atom stereocenters. The van der Waals surface area contributed by atoms with Gasteiger partial charge in [0, 0.05) is 18.5 Å². The predicted molar refractivity (Wildman–Crippen MR) is 104 cm³/mol. The number of piperidine rings is 1. The smallest absolute Gasteiger partial charge is 0.220 e. The average Bonchev–Trinajstić information content (AvgIpc) is 2.64. The molecule has 6 nitrogen and oxygen atoms in total. The van der Waals surface area contributed by atoms with E-state index in [1.165, 1.54) is 19.8 Å². The van der Waals surface area contributed by atoms with Crippen LogP contribution in [0.1, 0.15) is 43.0 Å². The fraction of sp³-hybridized carbons (Fsp3) is 0.579. The van der Waals surface area contributed by atoms with E-state index in [1.54, 1.807) is 25.3 Å². The van der Waals surface area contributed by atoms with Crippen molar-refractivity contribution in [2.24, 2.45) is 5.92 Å². The summed E-state index contributed by atoms with van der Waals surface area (Å²) in [4.78, 5) is 23.3. The van der Waals surface area contributed by atoms with E-state index >= 15 is 0 Å². The van der Waals surface area contributed by atoms with E-state index in [2.05, 4.69) is 10.6 Å². The van der Waals surface area contributed by atoms with Gasteiger partial charge in [-0.25, -0.2) is 0 Å². The number of ketones is 1. The highest BCUT2D eigenvalue weighted by Gasteiger charge is 2.14. The molecule has 0 aliphatic carbocycles. The first-order valence-corrected chi connectivity index (χ1v) is 8.89. The van der Waals surface area contributed by atoms with E-state index in [9.17, 15) is 9.59 Å². The zero-order valence-electron chi connectivity index (χ0n) is 15.5. The van der Waals surface area contributed by atoms with Gasteiger partial charge in [-0.2, -0.15) is 0 Å². The van der Waals surface area contributed by atoms with Crippen molar-refractivity contribution in [1.29, 1.82) is 0 Å². The Balaban J connectivity index is 0.00000338. The number of rotatable bonds is 9. The Morgan fingerprint density at radius 2 is 2.12 bits per heavy atom. The van der Waals surface area contributed by atoms with Gasteiger partial charge < -0.3 is 20.1 Å². The Morgan fingerprint density at radius 1 is 1.31 bits per heavy atom. The molecule has 26 heavy (non-hydrogen) atoms. The van der Waals surface area contributed by atoms with Gasteiger partial charge in [-0.1, -0.05) is 0 Å². The molecule has 1 aliphatic heterocycles. The number of hydrogen-bond acceptors (Lipinski definition) is 5. The first-order chi connectivity index (χ1) is 12.1. The van der Waals surface area contributed by atoms with Gasteiger partial charge in [0.1, 0.15) is 0 Å². The Kier molecular flexibility index (Phi) is 10.1. The highest BCUT2D eigenvalue weighted by Crippen LogP contribution is 2.28. The molecule has 146 valence electrons. The fourth-order valence-electron chi connectivity index (χ4n) is 2.87. The monoisotopic (exact) mass is 384 g/mol. The van der Waals surface area contributed by atoms with Crippen LogP contribution in [0.2, 0.25) is 0 Å². The van der Waals surface area contributed by atoms with Crippen LogP contribution in [-0.4, -0.2) is 45.0 Å². The number of Topliss-reactive ketones (excluding diaryl/α,β-unsaturated/α-hetero) is 1. The SMILES string of the molecule is COc1cc(C(C)=O)ccc1OCCCC(=O)NCC1CCCNC1.Cl. The van der Waals surface area contributed by atoms with E-state index in [1.807, 2.05) is 0 Å². The van der Waals surface area contributed by atoms with Crippen molar-refractivity contribution in [3.63, 3.8) is 0 Å². The quantitative estimate of drug-likeness (QED) is 0.505. The van der Waals surface area contributed by atoms with Gasteiger partial charge in [-0.05, 0) is 63.4 Å². The van der Waals surface area contributed by atoms with Crippen LogP contribution in [-0.2, 0) is 4.79 Å². The van der Waals surface area contributed by atoms with Crippen LogP contribution >= 0.6 is 12.4 Å². The first kappa shape index (κ1) is 22.3. The van der Waals surface area contributed by atoms with Crippen molar-refractivity contribution in [2.45, 2.75) is 32.6 Å². The van der Waals surface area contributed by atoms with Gasteiger partial charge in [0.2, 0.25) is 5.91 Å². The van der Waals surface area contributed by atoms with Crippen LogP contribution in [0.5, 0.6) is 11.5 Å². The van der Waals surface area contributed by atoms with E-state index in [-0.39, 0.29) is 24.1 Å². The molecular weight excluding hydrogens is 356 g/mol. The molecular formula is C19H29ClN2O4. The Morgan fingerprint density at radius 3 is 2.77 bits per heavy atom. The number of methoxy groups -OCH3 is 1. The number of ether oxygens (including phenoxy) is 2. The standard InChI is InChI=1S/C19H28N2O4.ClH/c1-14(22)16-7-8-17(18(11-16)24-2)25-10-4-6-19(23)21-13-15-5-3-9-20-12-15;/h7-8,11,15,20H,3-6,9-10,12-13H2,1-2H3,(H,21,23);1H. The molecule has 1 amide bonds. The van der Waals surface area contributed by atoms with Crippen LogP contribution in [0.4, 0.5) is 0 Å². The lowest BCUT2D eigenvalue weighted by Crippen LogP contribution is -2.38. The molecule has 1 heterocycles. The number of carbonyl (C=O) groups is 2. The number of nitrogens with one attached hydrogen (secondary N) is 2. The molecule has 1 fully saturated rings. The second kappa shape index (κ2) is 11.8. The Labute approximate surface area is 161 Å². The van der Waals surface area contributed by atoms with Crippen molar-refractivity contribution in [3.05, 3.63) is 23.8 Å². The van der Waals surface area contributed by atoms with Gasteiger partial charge in [0.15, 0.2) is 17.3 Å². The molecule has 1 aliphatic rings. The number of halogens is 1. The lowest BCUT2D eigenvalue weighted by atomic mass is 10.00. The van der Waals surface area contributed by atoms with Crippen LogP contribution in [0.3, 0.4) is 0 Å². The summed E-state index contributed by atoms with van der Waals surface area (Å²) in [5.41, 5.74) is 0.584. The highest BCUT2D eigenvalue weighted by molar-refractivity contribution is 5.94. The number of carbonyl (C=O) groups excluding carboxylic acids is 2. The van der Waals surface area contributed by atoms with E-state index < -0.39 is 0 Å². The lowest BCUT2D eigenvalue weighted by molar-refractivity contribution is -0.121. The third kappa shape index (κ3) is 7.22. The van der Waals surface area contributed by atoms with E-state index in [0.29, 0.717) is 42.4 Å². The summed E-state index contributed by atoms with van der Waals surface area (Å²) in [7, 11) is 1.54. The zero-order chi connectivity index (χ0) is 18.1. The average molecular weight is 385 g/mol. The number of hydrogen-bond donors (Lipinski definition) is 2. The fourth-order valence-corrected chi connectivity index (χ4v) is 2.87. The second-order valence-electron chi connectivity index (χ2n) is 6.39. The summed E-state index contributed by atoms with van der Waals surface area (Å²) in [6.07, 6.45) is 3.42. The third-order valence-electron chi connectivity index (χ3n) is 4.36. The summed E-state index contributed by atoms with van der Waals surface area (Å²) in [5, 5.41) is 6.34. The molecule has 0 radical (unpaired) electrons. The van der Waals surface area contributed by atoms with E-state index in [4.69, 9.17) is 9.47 Å². The van der Waals surface area contributed by atoms with Crippen molar-refractivity contribution in [3.8, 4) is 11.5 Å². The summed E-state index contributed by atoms with van der Waals surface area (Å²) in [6, 6.07) is 5.11. The largest absolute Gasteiger partial charge is 0.493 e. The minimum Gasteiger partial charge on any atom is -0.493 e. The maximum atomic E-state index is 11.9. The third-order valence-corrected chi connectivity index (χ3v) is 4.36. The topological polar surface area (TPSA) is 76.7 Å². The van der Waals surface area contributed by atoms with Crippen LogP contribution < -0.4 is 20.1 Å². The molecule has 1 aromatic rings. The molecule has 0 spiro atoms. The minimum atomic E-state index is -0.0188. The summed E-state index contributed by atoms with van der Waals surface area (Å²) in [5.74, 6) is 1.70. The highest BCUT2D eigenvalue weighted by atomic mass is 35.5. The van der Waals surface area contributed by atoms with Gasteiger partial charge in [-0.15, -0.1) is 12.4 Å².